The van der Waals surface area contributed by atoms with Gasteiger partial charge in [-0.1, -0.05) is 60.7 Å². The van der Waals surface area contributed by atoms with Crippen LogP contribution in [0.4, 0.5) is 0 Å². The molecule has 0 aliphatic carbocycles. The molecule has 5 rings (SSSR count). The lowest BCUT2D eigenvalue weighted by Gasteiger charge is -2.17. The van der Waals surface area contributed by atoms with E-state index < -0.39 is 11.9 Å². The topological polar surface area (TPSA) is 79.6 Å². The highest BCUT2D eigenvalue weighted by atomic mass is 16.3. The van der Waals surface area contributed by atoms with Crippen molar-refractivity contribution in [3.8, 4) is 0 Å². The van der Waals surface area contributed by atoms with Gasteiger partial charge in [0.05, 0.1) is 23.9 Å². The van der Waals surface area contributed by atoms with Crippen LogP contribution in [0.15, 0.2) is 102 Å². The molecule has 1 unspecified atom stereocenters. The van der Waals surface area contributed by atoms with E-state index in [0.717, 1.165) is 11.1 Å². The molecule has 2 heterocycles. The van der Waals surface area contributed by atoms with E-state index in [0.29, 0.717) is 16.9 Å². The zero-order valence-corrected chi connectivity index (χ0v) is 17.6. The van der Waals surface area contributed by atoms with Crippen LogP contribution in [0.5, 0.6) is 0 Å². The second kappa shape index (κ2) is 8.59. The van der Waals surface area contributed by atoms with Gasteiger partial charge < -0.3 is 9.73 Å². The third-order valence-electron chi connectivity index (χ3n) is 5.65. The van der Waals surface area contributed by atoms with Crippen LogP contribution < -0.4 is 5.32 Å². The number of imide groups is 1. The summed E-state index contributed by atoms with van der Waals surface area (Å²) in [4.78, 5) is 40.1. The fourth-order valence-corrected chi connectivity index (χ4v) is 3.98. The SMILES string of the molecule is O=C(NC(c1ccccc1)c1ccco1)c1ccc2c(c1)C(=O)N(Cc1ccccc1)C2=O. The van der Waals surface area contributed by atoms with Crippen molar-refractivity contribution in [2.45, 2.75) is 12.6 Å². The average Bonchev–Trinajstić information content (AvgIpc) is 3.47. The number of carbonyl (C=O) groups is 3. The van der Waals surface area contributed by atoms with E-state index in [2.05, 4.69) is 5.32 Å². The first-order valence-electron chi connectivity index (χ1n) is 10.5. The van der Waals surface area contributed by atoms with Crippen LogP contribution in [0, 0.1) is 0 Å². The summed E-state index contributed by atoms with van der Waals surface area (Å²) in [5.41, 5.74) is 2.55. The lowest BCUT2D eigenvalue weighted by molar-refractivity contribution is 0.0642. The largest absolute Gasteiger partial charge is 0.467 e. The van der Waals surface area contributed by atoms with Crippen LogP contribution in [0.25, 0.3) is 0 Å². The standard InChI is InChI=1S/C27H20N2O4/c30-25(28-24(23-12-7-15-33-23)19-10-5-2-6-11-19)20-13-14-21-22(16-20)27(32)29(26(21)31)17-18-8-3-1-4-9-18/h1-16,24H,17H2,(H,28,30). The van der Waals surface area contributed by atoms with Crippen LogP contribution in [0.1, 0.15) is 54.0 Å². The van der Waals surface area contributed by atoms with E-state index in [1.165, 1.54) is 11.0 Å². The van der Waals surface area contributed by atoms with Gasteiger partial charge in [0.1, 0.15) is 11.8 Å². The Morgan fingerprint density at radius 1 is 0.818 bits per heavy atom. The second-order valence-electron chi connectivity index (χ2n) is 7.77. The Kier molecular flexibility index (Phi) is 5.32. The number of nitrogens with one attached hydrogen (secondary N) is 1. The van der Waals surface area contributed by atoms with Crippen LogP contribution in [0.2, 0.25) is 0 Å². The maximum Gasteiger partial charge on any atom is 0.261 e. The van der Waals surface area contributed by atoms with Gasteiger partial charge in [0.25, 0.3) is 17.7 Å². The molecule has 0 bridgehead atoms. The number of nitrogens with zero attached hydrogens (tertiary/aromatic N) is 1. The van der Waals surface area contributed by atoms with Crippen LogP contribution in [0.3, 0.4) is 0 Å². The maximum absolute atomic E-state index is 13.1. The predicted molar refractivity (Wildman–Crippen MR) is 122 cm³/mol. The van der Waals surface area contributed by atoms with Gasteiger partial charge in [0.15, 0.2) is 0 Å². The molecule has 1 aliphatic rings. The molecular weight excluding hydrogens is 416 g/mol. The molecule has 3 aromatic carbocycles. The highest BCUT2D eigenvalue weighted by Gasteiger charge is 2.36. The number of amides is 3. The zero-order valence-electron chi connectivity index (χ0n) is 17.6. The van der Waals surface area contributed by atoms with Crippen molar-refractivity contribution >= 4 is 17.7 Å². The van der Waals surface area contributed by atoms with E-state index in [-0.39, 0.29) is 23.9 Å². The lowest BCUT2D eigenvalue weighted by Crippen LogP contribution is -2.29. The minimum absolute atomic E-state index is 0.184. The molecule has 1 atom stereocenters. The lowest BCUT2D eigenvalue weighted by atomic mass is 10.0. The summed E-state index contributed by atoms with van der Waals surface area (Å²) in [5, 5.41) is 2.98. The molecule has 0 saturated carbocycles. The Balaban J connectivity index is 1.40. The van der Waals surface area contributed by atoms with Crippen molar-refractivity contribution in [2.24, 2.45) is 0 Å². The Morgan fingerprint density at radius 3 is 2.21 bits per heavy atom. The molecule has 1 N–H and O–H groups in total. The van der Waals surface area contributed by atoms with E-state index in [1.807, 2.05) is 60.7 Å². The quantitative estimate of drug-likeness (QED) is 0.448. The highest BCUT2D eigenvalue weighted by Crippen LogP contribution is 2.27. The monoisotopic (exact) mass is 436 g/mol. The van der Waals surface area contributed by atoms with Gasteiger partial charge in [0.2, 0.25) is 0 Å². The van der Waals surface area contributed by atoms with Crippen molar-refractivity contribution in [3.05, 3.63) is 131 Å². The van der Waals surface area contributed by atoms with Gasteiger partial charge in [-0.05, 0) is 41.5 Å². The molecule has 0 saturated heterocycles. The first-order valence-corrected chi connectivity index (χ1v) is 10.5. The Bertz CT molecular complexity index is 1320. The van der Waals surface area contributed by atoms with Crippen LogP contribution in [-0.2, 0) is 6.54 Å². The van der Waals surface area contributed by atoms with Crippen molar-refractivity contribution in [1.82, 2.24) is 10.2 Å². The van der Waals surface area contributed by atoms with Gasteiger partial charge in [-0.15, -0.1) is 0 Å². The molecule has 0 radical (unpaired) electrons. The summed E-state index contributed by atoms with van der Waals surface area (Å²) in [7, 11) is 0. The summed E-state index contributed by atoms with van der Waals surface area (Å²) in [6.45, 7) is 0.184. The number of carbonyl (C=O) groups excluding carboxylic acids is 3. The third-order valence-corrected chi connectivity index (χ3v) is 5.65. The van der Waals surface area contributed by atoms with E-state index >= 15 is 0 Å². The number of furan rings is 1. The van der Waals surface area contributed by atoms with Crippen LogP contribution >= 0.6 is 0 Å². The Morgan fingerprint density at radius 2 is 1.52 bits per heavy atom. The van der Waals surface area contributed by atoms with E-state index in [4.69, 9.17) is 4.42 Å². The van der Waals surface area contributed by atoms with Crippen molar-refractivity contribution in [1.29, 1.82) is 0 Å². The second-order valence-corrected chi connectivity index (χ2v) is 7.77. The van der Waals surface area contributed by atoms with E-state index in [1.54, 1.807) is 30.5 Å². The molecule has 1 aliphatic heterocycles. The third kappa shape index (κ3) is 3.94. The van der Waals surface area contributed by atoms with Crippen LogP contribution in [-0.4, -0.2) is 22.6 Å². The van der Waals surface area contributed by atoms with Crippen molar-refractivity contribution in [3.63, 3.8) is 0 Å². The van der Waals surface area contributed by atoms with Gasteiger partial charge in [-0.2, -0.15) is 0 Å². The first-order chi connectivity index (χ1) is 16.1. The minimum atomic E-state index is -0.492. The number of hydrogen-bond acceptors (Lipinski definition) is 4. The summed E-state index contributed by atoms with van der Waals surface area (Å²) in [6.07, 6.45) is 1.55. The number of hydrogen-bond donors (Lipinski definition) is 1. The molecule has 6 nitrogen and oxygen atoms in total. The van der Waals surface area contributed by atoms with Gasteiger partial charge in [-0.25, -0.2) is 0 Å². The fourth-order valence-electron chi connectivity index (χ4n) is 3.98. The minimum Gasteiger partial charge on any atom is -0.467 e. The number of rotatable bonds is 6. The number of fused-ring (bicyclic) bond motifs is 1. The Labute approximate surface area is 190 Å². The molecule has 6 heteroatoms. The maximum atomic E-state index is 13.1. The molecule has 33 heavy (non-hydrogen) atoms. The van der Waals surface area contributed by atoms with Crippen molar-refractivity contribution in [2.75, 3.05) is 0 Å². The first kappa shape index (κ1) is 20.5. The smallest absolute Gasteiger partial charge is 0.261 e. The summed E-state index contributed by atoms with van der Waals surface area (Å²) in [6, 6.07) is 26.5. The average molecular weight is 436 g/mol. The van der Waals surface area contributed by atoms with Gasteiger partial charge in [-0.3, -0.25) is 19.3 Å². The predicted octanol–water partition coefficient (Wildman–Crippen LogP) is 4.60. The molecule has 3 amide bonds. The molecular formula is C27H20N2O4. The molecule has 1 aromatic heterocycles. The molecule has 0 fully saturated rings. The van der Waals surface area contributed by atoms with Crippen molar-refractivity contribution < 1.29 is 18.8 Å². The van der Waals surface area contributed by atoms with Gasteiger partial charge >= 0.3 is 0 Å². The fraction of sp³-hybridized carbons (Fsp3) is 0.0741. The summed E-state index contributed by atoms with van der Waals surface area (Å²) >= 11 is 0. The molecule has 4 aromatic rings. The van der Waals surface area contributed by atoms with Gasteiger partial charge in [0, 0.05) is 5.56 Å². The normalized spacial score (nSPS) is 13.6. The van der Waals surface area contributed by atoms with E-state index in [9.17, 15) is 14.4 Å². The Hall–Kier alpha value is -4.45. The highest BCUT2D eigenvalue weighted by molar-refractivity contribution is 6.22. The summed E-state index contributed by atoms with van der Waals surface area (Å²) < 4.78 is 5.54. The number of benzene rings is 3. The zero-order chi connectivity index (χ0) is 22.8. The summed E-state index contributed by atoms with van der Waals surface area (Å²) in [5.74, 6) is -0.538. The molecule has 0 spiro atoms. The molecule has 162 valence electrons.